The van der Waals surface area contributed by atoms with Gasteiger partial charge in [0.25, 0.3) is 0 Å². The maximum Gasteiger partial charge on any atom is 0.0296 e. The first kappa shape index (κ1) is 16.3. The van der Waals surface area contributed by atoms with Gasteiger partial charge in [0.2, 0.25) is 0 Å². The quantitative estimate of drug-likeness (QED) is 0.439. The van der Waals surface area contributed by atoms with E-state index in [9.17, 15) is 0 Å². The van der Waals surface area contributed by atoms with Crippen LogP contribution in [-0.2, 0) is 5.75 Å². The average molecular weight is 301 g/mol. The number of hydrogen-bond acceptors (Lipinski definition) is 3. The summed E-state index contributed by atoms with van der Waals surface area (Å²) >= 11 is 0. The van der Waals surface area contributed by atoms with E-state index < -0.39 is 0 Å². The van der Waals surface area contributed by atoms with E-state index in [2.05, 4.69) is 65.0 Å². The fraction of sp³-hybridized carbons (Fsp3) is 0.600. The fourth-order valence-corrected chi connectivity index (χ4v) is 7.14. The maximum absolute atomic E-state index is 2.35. The van der Waals surface area contributed by atoms with Crippen LogP contribution in [0.5, 0.6) is 0 Å². The summed E-state index contributed by atoms with van der Waals surface area (Å²) in [6.45, 7) is 11.6. The lowest BCUT2D eigenvalue weighted by Crippen LogP contribution is -2.22. The van der Waals surface area contributed by atoms with Gasteiger partial charge in [-0.15, -0.1) is 0 Å². The Balaban J connectivity index is 2.25. The van der Waals surface area contributed by atoms with E-state index in [-0.39, 0.29) is 0 Å². The second-order valence-electron chi connectivity index (χ2n) is 6.40. The predicted octanol–water partition coefficient (Wildman–Crippen LogP) is 6.43. The summed E-state index contributed by atoms with van der Waals surface area (Å²) in [6, 6.07) is 10.7. The van der Waals surface area contributed by atoms with Crippen LogP contribution in [0.2, 0.25) is 0 Å². The standard InChI is InChI=1S/C15H24S3/c1-14(2,3)12-15(4,5)17-18-16-11-13-9-7-6-8-10-13/h6-10H,11-12H2,1-5H3. The van der Waals surface area contributed by atoms with Gasteiger partial charge < -0.3 is 0 Å². The summed E-state index contributed by atoms with van der Waals surface area (Å²) in [6.07, 6.45) is 1.24. The lowest BCUT2D eigenvalue weighted by molar-refractivity contribution is 0.340. The zero-order valence-corrected chi connectivity index (χ0v) is 14.5. The van der Waals surface area contributed by atoms with Gasteiger partial charge in [0, 0.05) is 10.5 Å². The van der Waals surface area contributed by atoms with Gasteiger partial charge in [0.1, 0.15) is 0 Å². The van der Waals surface area contributed by atoms with E-state index in [0.29, 0.717) is 10.2 Å². The molecule has 0 aromatic heterocycles. The normalized spacial score (nSPS) is 12.7. The van der Waals surface area contributed by atoms with Crippen molar-refractivity contribution in [2.75, 3.05) is 0 Å². The van der Waals surface area contributed by atoms with E-state index in [1.165, 1.54) is 12.0 Å². The summed E-state index contributed by atoms with van der Waals surface area (Å²) in [5.74, 6) is 1.09. The second kappa shape index (κ2) is 7.16. The van der Waals surface area contributed by atoms with Gasteiger partial charge in [-0.1, -0.05) is 72.7 Å². The first-order valence-electron chi connectivity index (χ1n) is 6.30. The Bertz CT molecular complexity index is 339. The molecule has 0 N–H and O–H groups in total. The molecule has 0 atom stereocenters. The third-order valence-corrected chi connectivity index (χ3v) is 7.22. The topological polar surface area (TPSA) is 0 Å². The highest BCUT2D eigenvalue weighted by molar-refractivity contribution is 9.09. The van der Waals surface area contributed by atoms with Crippen LogP contribution in [0.3, 0.4) is 0 Å². The smallest absolute Gasteiger partial charge is 0.0296 e. The van der Waals surface area contributed by atoms with Crippen LogP contribution in [0, 0.1) is 5.41 Å². The maximum atomic E-state index is 2.35. The predicted molar refractivity (Wildman–Crippen MR) is 91.1 cm³/mol. The van der Waals surface area contributed by atoms with Gasteiger partial charge in [-0.25, -0.2) is 0 Å². The molecule has 0 saturated heterocycles. The molecule has 0 fully saturated rings. The molecule has 18 heavy (non-hydrogen) atoms. The van der Waals surface area contributed by atoms with Crippen LogP contribution in [0.25, 0.3) is 0 Å². The van der Waals surface area contributed by atoms with Gasteiger partial charge in [-0.2, -0.15) is 0 Å². The molecule has 0 radical (unpaired) electrons. The molecule has 1 rings (SSSR count). The van der Waals surface area contributed by atoms with Crippen molar-refractivity contribution in [2.24, 2.45) is 5.41 Å². The molecule has 0 aliphatic carbocycles. The minimum absolute atomic E-state index is 0.340. The molecule has 0 aliphatic heterocycles. The Kier molecular flexibility index (Phi) is 6.49. The van der Waals surface area contributed by atoms with Crippen molar-refractivity contribution in [3.05, 3.63) is 35.9 Å². The second-order valence-corrected chi connectivity index (χ2v) is 11.2. The lowest BCUT2D eigenvalue weighted by atomic mass is 9.86. The van der Waals surface area contributed by atoms with Crippen molar-refractivity contribution in [2.45, 2.75) is 51.5 Å². The number of hydrogen-bond donors (Lipinski definition) is 0. The Hall–Kier alpha value is 0.270. The molecule has 0 heterocycles. The van der Waals surface area contributed by atoms with Crippen molar-refractivity contribution in [3.8, 4) is 0 Å². The summed E-state index contributed by atoms with van der Waals surface area (Å²) in [7, 11) is 5.87. The number of benzene rings is 1. The molecule has 0 unspecified atom stereocenters. The van der Waals surface area contributed by atoms with Crippen LogP contribution in [0.4, 0.5) is 0 Å². The highest BCUT2D eigenvalue weighted by atomic mass is 33.5. The van der Waals surface area contributed by atoms with Crippen molar-refractivity contribution in [1.29, 1.82) is 0 Å². The molecule has 3 heteroatoms. The molecular formula is C15H24S3. The van der Waals surface area contributed by atoms with Gasteiger partial charge in [-0.05, 0) is 41.1 Å². The molecule has 102 valence electrons. The SMILES string of the molecule is CC(C)(C)CC(C)(C)SSSCc1ccccc1. The zero-order chi connectivity index (χ0) is 13.6. The van der Waals surface area contributed by atoms with Crippen molar-refractivity contribution < 1.29 is 0 Å². The minimum Gasteiger partial charge on any atom is -0.0777 e. The van der Waals surface area contributed by atoms with E-state index in [1.807, 2.05) is 31.4 Å². The highest BCUT2D eigenvalue weighted by Crippen LogP contribution is 2.48. The fourth-order valence-electron chi connectivity index (χ4n) is 2.09. The Morgan fingerprint density at radius 3 is 2.11 bits per heavy atom. The van der Waals surface area contributed by atoms with Crippen LogP contribution >= 0.6 is 31.4 Å². The summed E-state index contributed by atoms with van der Waals surface area (Å²) < 4.78 is 0.340. The van der Waals surface area contributed by atoms with Crippen LogP contribution in [0.15, 0.2) is 30.3 Å². The first-order valence-corrected chi connectivity index (χ1v) is 9.95. The van der Waals surface area contributed by atoms with Crippen LogP contribution in [0.1, 0.15) is 46.6 Å². The zero-order valence-electron chi connectivity index (χ0n) is 12.0. The van der Waals surface area contributed by atoms with E-state index in [0.717, 1.165) is 5.75 Å². The number of rotatable bonds is 6. The van der Waals surface area contributed by atoms with E-state index >= 15 is 0 Å². The Labute approximate surface area is 124 Å². The molecule has 1 aromatic carbocycles. The molecular weight excluding hydrogens is 276 g/mol. The van der Waals surface area contributed by atoms with E-state index in [1.54, 1.807) is 0 Å². The summed E-state index contributed by atoms with van der Waals surface area (Å²) in [5.41, 5.74) is 1.81. The summed E-state index contributed by atoms with van der Waals surface area (Å²) in [4.78, 5) is 0. The van der Waals surface area contributed by atoms with Gasteiger partial charge in [0.05, 0.1) is 0 Å². The molecule has 0 aliphatic rings. The van der Waals surface area contributed by atoms with Gasteiger partial charge in [-0.3, -0.25) is 0 Å². The third-order valence-electron chi connectivity index (χ3n) is 2.33. The van der Waals surface area contributed by atoms with Crippen LogP contribution < -0.4 is 0 Å². The Morgan fingerprint density at radius 1 is 0.944 bits per heavy atom. The highest BCUT2D eigenvalue weighted by Gasteiger charge is 2.26. The van der Waals surface area contributed by atoms with Crippen molar-refractivity contribution >= 4 is 31.4 Å². The molecule has 0 bridgehead atoms. The lowest BCUT2D eigenvalue weighted by Gasteiger charge is -2.31. The molecule has 0 spiro atoms. The van der Waals surface area contributed by atoms with Gasteiger partial charge in [0.15, 0.2) is 0 Å². The molecule has 1 aromatic rings. The van der Waals surface area contributed by atoms with Gasteiger partial charge >= 0.3 is 0 Å². The molecule has 0 nitrogen and oxygen atoms in total. The van der Waals surface area contributed by atoms with E-state index in [4.69, 9.17) is 0 Å². The third kappa shape index (κ3) is 7.65. The monoisotopic (exact) mass is 300 g/mol. The van der Waals surface area contributed by atoms with Crippen molar-refractivity contribution in [3.63, 3.8) is 0 Å². The molecule has 0 amide bonds. The first-order chi connectivity index (χ1) is 8.29. The molecule has 0 saturated carbocycles. The average Bonchev–Trinajstić information content (AvgIpc) is 2.23. The van der Waals surface area contributed by atoms with Crippen LogP contribution in [-0.4, -0.2) is 4.75 Å². The largest absolute Gasteiger partial charge is 0.0777 e. The summed E-state index contributed by atoms with van der Waals surface area (Å²) in [5, 5.41) is 0. The minimum atomic E-state index is 0.340. The van der Waals surface area contributed by atoms with Crippen molar-refractivity contribution in [1.82, 2.24) is 0 Å². The Morgan fingerprint density at radius 2 is 1.56 bits per heavy atom.